The maximum atomic E-state index is 11.9. The fraction of sp³-hybridized carbons (Fsp3) is 0.714. The van der Waals surface area contributed by atoms with E-state index in [1.54, 1.807) is 11.8 Å². The van der Waals surface area contributed by atoms with Crippen molar-refractivity contribution in [2.24, 2.45) is 5.92 Å². The SMILES string of the molecule is CC(C)CCS[C@@H]1C[C@@H](CO)O[C@H]1n1ccc(=O)[nH]c1=O. The van der Waals surface area contributed by atoms with Crippen LogP contribution in [0.4, 0.5) is 0 Å². The number of hydrogen-bond acceptors (Lipinski definition) is 5. The van der Waals surface area contributed by atoms with Gasteiger partial charge in [-0.25, -0.2) is 4.79 Å². The zero-order valence-corrected chi connectivity index (χ0v) is 13.1. The maximum Gasteiger partial charge on any atom is 0.330 e. The molecule has 1 aromatic heterocycles. The van der Waals surface area contributed by atoms with Gasteiger partial charge in [0.1, 0.15) is 0 Å². The highest BCUT2D eigenvalue weighted by molar-refractivity contribution is 7.99. The van der Waals surface area contributed by atoms with E-state index in [0.717, 1.165) is 12.2 Å². The van der Waals surface area contributed by atoms with E-state index in [-0.39, 0.29) is 18.0 Å². The summed E-state index contributed by atoms with van der Waals surface area (Å²) in [4.78, 5) is 25.3. The van der Waals surface area contributed by atoms with Crippen molar-refractivity contribution in [1.82, 2.24) is 9.55 Å². The van der Waals surface area contributed by atoms with Gasteiger partial charge in [-0.15, -0.1) is 0 Å². The summed E-state index contributed by atoms with van der Waals surface area (Å²) in [6, 6.07) is 1.31. The number of rotatable bonds is 6. The lowest BCUT2D eigenvalue weighted by Gasteiger charge is -2.20. The van der Waals surface area contributed by atoms with E-state index in [1.807, 2.05) is 0 Å². The second kappa shape index (κ2) is 7.29. The lowest BCUT2D eigenvalue weighted by atomic mass is 10.2. The van der Waals surface area contributed by atoms with Gasteiger partial charge < -0.3 is 9.84 Å². The van der Waals surface area contributed by atoms with Gasteiger partial charge in [0, 0.05) is 12.3 Å². The normalized spacial score (nSPS) is 25.6. The zero-order valence-electron chi connectivity index (χ0n) is 12.3. The molecule has 2 heterocycles. The van der Waals surface area contributed by atoms with Crippen LogP contribution in [0.15, 0.2) is 21.9 Å². The van der Waals surface area contributed by atoms with Gasteiger partial charge >= 0.3 is 5.69 Å². The molecule has 1 saturated heterocycles. The molecule has 1 aliphatic rings. The molecule has 0 spiro atoms. The van der Waals surface area contributed by atoms with Crippen molar-refractivity contribution in [3.63, 3.8) is 0 Å². The Balaban J connectivity index is 2.13. The molecule has 0 amide bonds. The minimum atomic E-state index is -0.472. The third-order valence-electron chi connectivity index (χ3n) is 3.50. The van der Waals surface area contributed by atoms with Crippen LogP contribution in [0.3, 0.4) is 0 Å². The Labute approximate surface area is 127 Å². The largest absolute Gasteiger partial charge is 0.394 e. The molecular formula is C14H22N2O4S. The summed E-state index contributed by atoms with van der Waals surface area (Å²) >= 11 is 1.76. The fourth-order valence-electron chi connectivity index (χ4n) is 2.31. The fourth-order valence-corrected chi connectivity index (χ4v) is 3.93. The van der Waals surface area contributed by atoms with Crippen molar-refractivity contribution in [3.05, 3.63) is 33.1 Å². The molecule has 0 aromatic carbocycles. The van der Waals surface area contributed by atoms with E-state index in [0.29, 0.717) is 12.3 Å². The second-order valence-electron chi connectivity index (χ2n) is 5.68. The molecule has 0 aliphatic carbocycles. The standard InChI is InChI=1S/C14H22N2O4S/c1-9(2)4-6-21-11-7-10(8-17)20-13(11)16-5-3-12(18)15-14(16)19/h3,5,9-11,13,17H,4,6-8H2,1-2H3,(H,15,18,19)/t10-,11+,13+/m0/s1. The van der Waals surface area contributed by atoms with E-state index in [9.17, 15) is 14.7 Å². The van der Waals surface area contributed by atoms with Crippen LogP contribution in [-0.4, -0.2) is 38.4 Å². The third kappa shape index (κ3) is 4.21. The van der Waals surface area contributed by atoms with E-state index < -0.39 is 17.5 Å². The number of H-pyrrole nitrogens is 1. The third-order valence-corrected chi connectivity index (χ3v) is 4.83. The van der Waals surface area contributed by atoms with Gasteiger partial charge in [-0.2, -0.15) is 11.8 Å². The average Bonchev–Trinajstić information content (AvgIpc) is 2.81. The van der Waals surface area contributed by atoms with Gasteiger partial charge in [0.2, 0.25) is 0 Å². The van der Waals surface area contributed by atoms with Crippen LogP contribution >= 0.6 is 11.8 Å². The Bertz CT molecular complexity index is 569. The summed E-state index contributed by atoms with van der Waals surface area (Å²) in [5.41, 5.74) is -0.891. The molecule has 2 N–H and O–H groups in total. The Morgan fingerprint density at radius 1 is 1.52 bits per heavy atom. The average molecular weight is 314 g/mol. The minimum absolute atomic E-state index is 0.0597. The Kier molecular flexibility index (Phi) is 5.66. The molecule has 2 rings (SSSR count). The molecule has 1 aromatic rings. The number of aromatic nitrogens is 2. The number of thioether (sulfide) groups is 1. The molecule has 0 bridgehead atoms. The smallest absolute Gasteiger partial charge is 0.330 e. The van der Waals surface area contributed by atoms with Gasteiger partial charge in [0.05, 0.1) is 18.0 Å². The molecule has 0 unspecified atom stereocenters. The molecule has 0 radical (unpaired) electrons. The molecule has 1 aliphatic heterocycles. The quantitative estimate of drug-likeness (QED) is 0.817. The Hall–Kier alpha value is -1.05. The van der Waals surface area contributed by atoms with Crippen molar-refractivity contribution in [3.8, 4) is 0 Å². The summed E-state index contributed by atoms with van der Waals surface area (Å²) in [5, 5.41) is 9.40. The Morgan fingerprint density at radius 3 is 2.90 bits per heavy atom. The van der Waals surface area contributed by atoms with Crippen molar-refractivity contribution >= 4 is 11.8 Å². The molecule has 1 fully saturated rings. The molecule has 0 saturated carbocycles. The van der Waals surface area contributed by atoms with E-state index >= 15 is 0 Å². The first-order valence-electron chi connectivity index (χ1n) is 7.20. The summed E-state index contributed by atoms with van der Waals surface area (Å²) in [5.74, 6) is 1.61. The first-order chi connectivity index (χ1) is 10.0. The molecule has 3 atom stereocenters. The lowest BCUT2D eigenvalue weighted by molar-refractivity contribution is -0.0234. The summed E-state index contributed by atoms with van der Waals surface area (Å²) in [6.45, 7) is 4.29. The topological polar surface area (TPSA) is 84.3 Å². The number of ether oxygens (including phenoxy) is 1. The monoisotopic (exact) mass is 314 g/mol. The summed E-state index contributed by atoms with van der Waals surface area (Å²) in [7, 11) is 0. The highest BCUT2D eigenvalue weighted by Gasteiger charge is 2.36. The van der Waals surface area contributed by atoms with Crippen molar-refractivity contribution < 1.29 is 9.84 Å². The van der Waals surface area contributed by atoms with E-state index in [1.165, 1.54) is 16.8 Å². The van der Waals surface area contributed by atoms with Gasteiger partial charge in [-0.05, 0) is 24.5 Å². The number of hydrogen-bond donors (Lipinski definition) is 2. The van der Waals surface area contributed by atoms with Crippen LogP contribution in [0.2, 0.25) is 0 Å². The van der Waals surface area contributed by atoms with Gasteiger partial charge in [0.15, 0.2) is 6.23 Å². The van der Waals surface area contributed by atoms with Gasteiger partial charge in [-0.1, -0.05) is 13.8 Å². The van der Waals surface area contributed by atoms with Crippen molar-refractivity contribution in [2.45, 2.75) is 44.3 Å². The predicted molar refractivity (Wildman–Crippen MR) is 82.6 cm³/mol. The van der Waals surface area contributed by atoms with Crippen LogP contribution in [0.1, 0.15) is 32.9 Å². The van der Waals surface area contributed by atoms with E-state index in [2.05, 4.69) is 18.8 Å². The second-order valence-corrected chi connectivity index (χ2v) is 7.02. The maximum absolute atomic E-state index is 11.9. The molecule has 6 nitrogen and oxygen atoms in total. The minimum Gasteiger partial charge on any atom is -0.394 e. The lowest BCUT2D eigenvalue weighted by Crippen LogP contribution is -2.34. The number of nitrogens with zero attached hydrogens (tertiary/aromatic N) is 1. The number of aromatic amines is 1. The van der Waals surface area contributed by atoms with Gasteiger partial charge in [0.25, 0.3) is 5.56 Å². The van der Waals surface area contributed by atoms with Crippen LogP contribution in [-0.2, 0) is 4.74 Å². The predicted octanol–water partition coefficient (Wildman–Crippen LogP) is 0.964. The number of aliphatic hydroxyl groups is 1. The van der Waals surface area contributed by atoms with Crippen LogP contribution in [0, 0.1) is 5.92 Å². The first kappa shape index (κ1) is 16.3. The highest BCUT2D eigenvalue weighted by atomic mass is 32.2. The molecule has 7 heteroatoms. The van der Waals surface area contributed by atoms with Crippen LogP contribution in [0.25, 0.3) is 0 Å². The number of nitrogens with one attached hydrogen (secondary N) is 1. The molecule has 118 valence electrons. The molecular weight excluding hydrogens is 292 g/mol. The first-order valence-corrected chi connectivity index (χ1v) is 8.25. The van der Waals surface area contributed by atoms with Crippen molar-refractivity contribution in [2.75, 3.05) is 12.4 Å². The molecule has 21 heavy (non-hydrogen) atoms. The Morgan fingerprint density at radius 2 is 2.29 bits per heavy atom. The number of aliphatic hydroxyl groups excluding tert-OH is 1. The zero-order chi connectivity index (χ0) is 15.4. The summed E-state index contributed by atoms with van der Waals surface area (Å²) < 4.78 is 7.16. The van der Waals surface area contributed by atoms with Gasteiger partial charge in [-0.3, -0.25) is 14.3 Å². The van der Waals surface area contributed by atoms with Crippen LogP contribution < -0.4 is 11.2 Å². The van der Waals surface area contributed by atoms with Crippen molar-refractivity contribution in [1.29, 1.82) is 0 Å². The van der Waals surface area contributed by atoms with Crippen LogP contribution in [0.5, 0.6) is 0 Å². The highest BCUT2D eigenvalue weighted by Crippen LogP contribution is 2.37. The van der Waals surface area contributed by atoms with E-state index in [4.69, 9.17) is 4.74 Å². The summed E-state index contributed by atoms with van der Waals surface area (Å²) in [6.07, 6.45) is 2.56.